The van der Waals surface area contributed by atoms with E-state index in [2.05, 4.69) is 56.7 Å². The minimum atomic E-state index is 0.178. The van der Waals surface area contributed by atoms with Crippen molar-refractivity contribution in [3.8, 4) is 0 Å². The molecule has 2 N–H and O–H groups in total. The predicted molar refractivity (Wildman–Crippen MR) is 74.2 cm³/mol. The number of nitrogens with two attached hydrogens (primary N) is 1. The third-order valence-corrected chi connectivity index (χ3v) is 3.58. The van der Waals surface area contributed by atoms with Gasteiger partial charge in [0, 0.05) is 23.6 Å². The van der Waals surface area contributed by atoms with Gasteiger partial charge in [-0.05, 0) is 49.1 Å². The highest BCUT2D eigenvalue weighted by atomic mass is 14.9. The van der Waals surface area contributed by atoms with Crippen LogP contribution in [0.5, 0.6) is 0 Å². The Kier molecular flexibility index (Phi) is 3.00. The van der Waals surface area contributed by atoms with E-state index in [4.69, 9.17) is 5.73 Å². The van der Waals surface area contributed by atoms with Crippen LogP contribution < -0.4 is 5.73 Å². The maximum Gasteiger partial charge on any atom is 0.0479 e. The molecule has 0 amide bonds. The van der Waals surface area contributed by atoms with E-state index >= 15 is 0 Å². The van der Waals surface area contributed by atoms with Gasteiger partial charge in [-0.1, -0.05) is 19.9 Å². The van der Waals surface area contributed by atoms with Crippen LogP contribution in [-0.4, -0.2) is 11.1 Å². The van der Waals surface area contributed by atoms with E-state index in [1.54, 1.807) is 0 Å². The molecule has 0 saturated carbocycles. The molecule has 1 heterocycles. The van der Waals surface area contributed by atoms with Gasteiger partial charge in [-0.3, -0.25) is 0 Å². The summed E-state index contributed by atoms with van der Waals surface area (Å²) >= 11 is 0. The topological polar surface area (TPSA) is 30.9 Å². The van der Waals surface area contributed by atoms with Crippen molar-refractivity contribution in [2.24, 2.45) is 18.2 Å². The van der Waals surface area contributed by atoms with Gasteiger partial charge in [0.15, 0.2) is 0 Å². The number of benzene rings is 1. The second kappa shape index (κ2) is 4.19. The van der Waals surface area contributed by atoms with Crippen LogP contribution >= 0.6 is 0 Å². The molecule has 0 aliphatic heterocycles. The lowest BCUT2D eigenvalue weighted by Crippen LogP contribution is -2.25. The van der Waals surface area contributed by atoms with Crippen molar-refractivity contribution in [1.29, 1.82) is 0 Å². The smallest absolute Gasteiger partial charge is 0.0479 e. The summed E-state index contributed by atoms with van der Waals surface area (Å²) in [5, 5.41) is 1.33. The predicted octanol–water partition coefficient (Wildman–Crippen LogP) is 3.01. The largest absolute Gasteiger partial charge is 0.348 e. The molecule has 2 rings (SSSR count). The maximum absolute atomic E-state index is 5.79. The normalized spacial score (nSPS) is 12.3. The Labute approximate surface area is 103 Å². The Morgan fingerprint density at radius 3 is 2.59 bits per heavy atom. The zero-order valence-electron chi connectivity index (χ0n) is 11.2. The summed E-state index contributed by atoms with van der Waals surface area (Å²) in [4.78, 5) is 0. The van der Waals surface area contributed by atoms with E-state index in [1.807, 2.05) is 0 Å². The van der Waals surface area contributed by atoms with Crippen LogP contribution in [0, 0.1) is 12.3 Å². The van der Waals surface area contributed by atoms with E-state index in [-0.39, 0.29) is 5.41 Å². The van der Waals surface area contributed by atoms with Crippen molar-refractivity contribution >= 4 is 10.9 Å². The fourth-order valence-corrected chi connectivity index (χ4v) is 2.27. The van der Waals surface area contributed by atoms with Crippen LogP contribution in [0.25, 0.3) is 10.9 Å². The second-order valence-electron chi connectivity index (χ2n) is 5.78. The summed E-state index contributed by atoms with van der Waals surface area (Å²) in [6.45, 7) is 7.29. The molecule has 2 nitrogen and oxygen atoms in total. The van der Waals surface area contributed by atoms with E-state index in [9.17, 15) is 0 Å². The highest BCUT2D eigenvalue weighted by Crippen LogP contribution is 2.24. The first-order valence-corrected chi connectivity index (χ1v) is 6.18. The average molecular weight is 230 g/mol. The molecule has 1 aromatic heterocycles. The van der Waals surface area contributed by atoms with Crippen molar-refractivity contribution < 1.29 is 0 Å². The summed E-state index contributed by atoms with van der Waals surface area (Å²) in [6, 6.07) is 8.97. The number of aryl methyl sites for hydroxylation is 2. The third-order valence-electron chi connectivity index (χ3n) is 3.58. The van der Waals surface area contributed by atoms with Crippen LogP contribution in [0.3, 0.4) is 0 Å². The van der Waals surface area contributed by atoms with Gasteiger partial charge in [0.25, 0.3) is 0 Å². The van der Waals surface area contributed by atoms with Crippen molar-refractivity contribution in [3.63, 3.8) is 0 Å². The number of hydrogen-bond acceptors (Lipinski definition) is 1. The van der Waals surface area contributed by atoms with Crippen molar-refractivity contribution in [2.45, 2.75) is 27.2 Å². The molecule has 17 heavy (non-hydrogen) atoms. The Bertz CT molecular complexity index is 535. The number of rotatable bonds is 3. The number of fused-ring (bicyclic) bond motifs is 1. The molecule has 0 aliphatic carbocycles. The summed E-state index contributed by atoms with van der Waals surface area (Å²) < 4.78 is 2.23. The molecule has 92 valence electrons. The van der Waals surface area contributed by atoms with Gasteiger partial charge in [-0.15, -0.1) is 0 Å². The van der Waals surface area contributed by atoms with Crippen molar-refractivity contribution in [2.75, 3.05) is 6.54 Å². The summed E-state index contributed by atoms with van der Waals surface area (Å²) in [7, 11) is 2.11. The molecule has 0 fully saturated rings. The Morgan fingerprint density at radius 1 is 1.24 bits per heavy atom. The van der Waals surface area contributed by atoms with Crippen LogP contribution in [0.4, 0.5) is 0 Å². The molecule has 1 aromatic carbocycles. The highest BCUT2D eigenvalue weighted by Gasteiger charge is 2.16. The number of nitrogens with zero attached hydrogens (tertiary/aromatic N) is 1. The highest BCUT2D eigenvalue weighted by molar-refractivity contribution is 5.82. The summed E-state index contributed by atoms with van der Waals surface area (Å²) in [6.07, 6.45) is 1.04. The Balaban J connectivity index is 2.39. The molecule has 0 aliphatic rings. The number of aromatic nitrogens is 1. The van der Waals surface area contributed by atoms with Gasteiger partial charge < -0.3 is 10.3 Å². The molecule has 0 bridgehead atoms. The second-order valence-corrected chi connectivity index (χ2v) is 5.78. The maximum atomic E-state index is 5.79. The van der Waals surface area contributed by atoms with Crippen LogP contribution in [0.2, 0.25) is 0 Å². The van der Waals surface area contributed by atoms with Gasteiger partial charge in [-0.25, -0.2) is 0 Å². The summed E-state index contributed by atoms with van der Waals surface area (Å²) in [5.74, 6) is 0. The standard InChI is InChI=1S/C15H22N2/c1-11-7-13-8-12(9-15(2,3)10-16)5-6-14(13)17(11)4/h5-8H,9-10,16H2,1-4H3. The monoisotopic (exact) mass is 230 g/mol. The molecular formula is C15H22N2. The van der Waals surface area contributed by atoms with Crippen molar-refractivity contribution in [1.82, 2.24) is 4.57 Å². The zero-order chi connectivity index (χ0) is 12.6. The minimum Gasteiger partial charge on any atom is -0.348 e. The van der Waals surface area contributed by atoms with Crippen LogP contribution in [0.1, 0.15) is 25.1 Å². The third kappa shape index (κ3) is 2.37. The van der Waals surface area contributed by atoms with Crippen LogP contribution in [0.15, 0.2) is 24.3 Å². The van der Waals surface area contributed by atoms with Gasteiger partial charge in [0.1, 0.15) is 0 Å². The fourth-order valence-electron chi connectivity index (χ4n) is 2.27. The van der Waals surface area contributed by atoms with Crippen molar-refractivity contribution in [3.05, 3.63) is 35.5 Å². The molecule has 2 heteroatoms. The lowest BCUT2D eigenvalue weighted by Gasteiger charge is -2.22. The molecule has 2 aromatic rings. The lowest BCUT2D eigenvalue weighted by atomic mass is 9.86. The Morgan fingerprint density at radius 2 is 1.94 bits per heavy atom. The summed E-state index contributed by atoms with van der Waals surface area (Å²) in [5.41, 5.74) is 9.95. The van der Waals surface area contributed by atoms with Crippen LogP contribution in [-0.2, 0) is 13.5 Å². The van der Waals surface area contributed by atoms with E-state index in [1.165, 1.54) is 22.2 Å². The first-order valence-electron chi connectivity index (χ1n) is 6.18. The van der Waals surface area contributed by atoms with Gasteiger partial charge in [0.2, 0.25) is 0 Å². The minimum absolute atomic E-state index is 0.178. The lowest BCUT2D eigenvalue weighted by molar-refractivity contribution is 0.377. The Hall–Kier alpha value is -1.28. The molecule has 0 spiro atoms. The SMILES string of the molecule is Cc1cc2cc(CC(C)(C)CN)ccc2n1C. The number of hydrogen-bond donors (Lipinski definition) is 1. The molecule has 0 atom stereocenters. The van der Waals surface area contributed by atoms with Gasteiger partial charge in [0.05, 0.1) is 0 Å². The molecule has 0 saturated heterocycles. The zero-order valence-corrected chi connectivity index (χ0v) is 11.2. The van der Waals surface area contributed by atoms with Gasteiger partial charge in [-0.2, -0.15) is 0 Å². The van der Waals surface area contributed by atoms with E-state index in [0.29, 0.717) is 0 Å². The van der Waals surface area contributed by atoms with E-state index in [0.717, 1.165) is 13.0 Å². The first kappa shape index (κ1) is 12.2. The molecule has 0 radical (unpaired) electrons. The van der Waals surface area contributed by atoms with Gasteiger partial charge >= 0.3 is 0 Å². The molecule has 0 unspecified atom stereocenters. The molecular weight excluding hydrogens is 208 g/mol. The first-order chi connectivity index (χ1) is 7.93. The quantitative estimate of drug-likeness (QED) is 0.863. The van der Waals surface area contributed by atoms with E-state index < -0.39 is 0 Å². The average Bonchev–Trinajstić information content (AvgIpc) is 2.54. The fraction of sp³-hybridized carbons (Fsp3) is 0.467.